The number of hydrogen-bond acceptors (Lipinski definition) is 4. The Morgan fingerprint density at radius 3 is 2.38 bits per heavy atom. The molecule has 0 N–H and O–H groups in total. The van der Waals surface area contributed by atoms with E-state index in [9.17, 15) is 9.18 Å². The number of rotatable bonds is 2. The molecule has 0 unspecified atom stereocenters. The molecule has 0 radical (unpaired) electrons. The number of carbonyl (C=O) groups is 1. The Balaban J connectivity index is 1.70. The van der Waals surface area contributed by atoms with Gasteiger partial charge in [-0.2, -0.15) is 0 Å². The molecular formula is C20H23FINO2S. The SMILES string of the molecule is CC(C)(C)OC(=O)c1cc(F)c2nc(C34CCC(I)(CC3)CC4)sc2c1. The van der Waals surface area contributed by atoms with Crippen molar-refractivity contribution in [2.45, 2.75) is 73.7 Å². The van der Waals surface area contributed by atoms with Crippen molar-refractivity contribution in [3.8, 4) is 0 Å². The molecule has 0 amide bonds. The number of halogens is 2. The molecule has 26 heavy (non-hydrogen) atoms. The molecule has 2 bridgehead atoms. The van der Waals surface area contributed by atoms with Crippen LogP contribution in [0.15, 0.2) is 12.1 Å². The Hall–Kier alpha value is -0.760. The van der Waals surface area contributed by atoms with Crippen LogP contribution in [0.5, 0.6) is 0 Å². The van der Waals surface area contributed by atoms with Crippen molar-refractivity contribution < 1.29 is 13.9 Å². The molecule has 3 saturated carbocycles. The highest BCUT2D eigenvalue weighted by molar-refractivity contribution is 14.1. The zero-order chi connectivity index (χ0) is 18.7. The molecule has 0 spiro atoms. The van der Waals surface area contributed by atoms with Crippen LogP contribution in [-0.2, 0) is 10.2 Å². The summed E-state index contributed by atoms with van der Waals surface area (Å²) < 4.78 is 21.2. The summed E-state index contributed by atoms with van der Waals surface area (Å²) >= 11 is 4.18. The summed E-state index contributed by atoms with van der Waals surface area (Å²) in [6.45, 7) is 5.43. The Morgan fingerprint density at radius 2 is 1.81 bits per heavy atom. The van der Waals surface area contributed by atoms with Gasteiger partial charge in [-0.15, -0.1) is 11.3 Å². The lowest BCUT2D eigenvalue weighted by molar-refractivity contribution is 0.00692. The average molecular weight is 487 g/mol. The molecule has 6 heteroatoms. The number of hydrogen-bond donors (Lipinski definition) is 0. The molecular weight excluding hydrogens is 464 g/mol. The van der Waals surface area contributed by atoms with Gasteiger partial charge >= 0.3 is 5.97 Å². The smallest absolute Gasteiger partial charge is 0.338 e. The van der Waals surface area contributed by atoms with Crippen LogP contribution in [0.3, 0.4) is 0 Å². The molecule has 3 fully saturated rings. The predicted octanol–water partition coefficient (Wildman–Crippen LogP) is 6.17. The van der Waals surface area contributed by atoms with E-state index in [1.165, 1.54) is 25.3 Å². The van der Waals surface area contributed by atoms with Crippen molar-refractivity contribution in [3.63, 3.8) is 0 Å². The van der Waals surface area contributed by atoms with Gasteiger partial charge in [-0.05, 0) is 71.4 Å². The maximum atomic E-state index is 14.7. The van der Waals surface area contributed by atoms with Gasteiger partial charge in [0.15, 0.2) is 5.82 Å². The summed E-state index contributed by atoms with van der Waals surface area (Å²) in [5.41, 5.74) is 0.158. The maximum Gasteiger partial charge on any atom is 0.338 e. The van der Waals surface area contributed by atoms with E-state index in [4.69, 9.17) is 9.72 Å². The van der Waals surface area contributed by atoms with Gasteiger partial charge in [0.2, 0.25) is 0 Å². The molecule has 5 rings (SSSR count). The normalized spacial score (nSPS) is 28.5. The van der Waals surface area contributed by atoms with Crippen LogP contribution in [0.25, 0.3) is 10.2 Å². The largest absolute Gasteiger partial charge is 0.456 e. The van der Waals surface area contributed by atoms with Gasteiger partial charge in [0, 0.05) is 8.84 Å². The Morgan fingerprint density at radius 1 is 1.19 bits per heavy atom. The number of benzene rings is 1. The maximum absolute atomic E-state index is 14.7. The minimum Gasteiger partial charge on any atom is -0.456 e. The monoisotopic (exact) mass is 487 g/mol. The average Bonchev–Trinajstić information content (AvgIpc) is 3.00. The van der Waals surface area contributed by atoms with Crippen molar-refractivity contribution in [2.24, 2.45) is 0 Å². The van der Waals surface area contributed by atoms with Gasteiger partial charge in [0.05, 0.1) is 10.3 Å². The summed E-state index contributed by atoms with van der Waals surface area (Å²) in [6.07, 6.45) is 7.06. The van der Waals surface area contributed by atoms with Crippen molar-refractivity contribution in [1.82, 2.24) is 4.98 Å². The van der Waals surface area contributed by atoms with Gasteiger partial charge in [0.25, 0.3) is 0 Å². The molecule has 3 aliphatic rings. The summed E-state index contributed by atoms with van der Waals surface area (Å²) in [4.78, 5) is 17.0. The van der Waals surface area contributed by atoms with Crippen LogP contribution in [0.1, 0.15) is 74.7 Å². The number of carbonyl (C=O) groups excluding carboxylic acids is 1. The molecule has 140 valence electrons. The van der Waals surface area contributed by atoms with Crippen molar-refractivity contribution in [3.05, 3.63) is 28.5 Å². The third-order valence-corrected chi connectivity index (χ3v) is 8.56. The number of alkyl halides is 1. The first-order valence-electron chi connectivity index (χ1n) is 9.12. The fourth-order valence-corrected chi connectivity index (χ4v) is 6.23. The van der Waals surface area contributed by atoms with Crippen LogP contribution in [0.4, 0.5) is 4.39 Å². The van der Waals surface area contributed by atoms with E-state index in [1.807, 2.05) is 20.8 Å². The van der Waals surface area contributed by atoms with Crippen LogP contribution in [0, 0.1) is 5.82 Å². The number of aromatic nitrogens is 1. The van der Waals surface area contributed by atoms with Gasteiger partial charge in [-0.25, -0.2) is 14.2 Å². The number of fused-ring (bicyclic) bond motifs is 4. The summed E-state index contributed by atoms with van der Waals surface area (Å²) in [5.74, 6) is -0.923. The number of esters is 1. The quantitative estimate of drug-likeness (QED) is 0.289. The molecule has 0 aliphatic heterocycles. The minimum absolute atomic E-state index is 0.106. The third-order valence-electron chi connectivity index (χ3n) is 5.69. The minimum atomic E-state index is -0.601. The highest BCUT2D eigenvalue weighted by Crippen LogP contribution is 2.58. The Bertz CT molecular complexity index is 861. The van der Waals surface area contributed by atoms with Crippen LogP contribution in [0.2, 0.25) is 0 Å². The molecule has 3 aliphatic carbocycles. The predicted molar refractivity (Wildman–Crippen MR) is 111 cm³/mol. The molecule has 1 aromatic heterocycles. The standard InChI is InChI=1S/C20H23FINO2S/c1-18(2,3)25-16(24)12-10-13(21)15-14(11-12)26-17(23-15)19-4-7-20(22,8-5-19)9-6-19/h10-11H,4-9H2,1-3H3. The zero-order valence-corrected chi connectivity index (χ0v) is 18.3. The molecule has 1 aromatic carbocycles. The lowest BCUT2D eigenvalue weighted by Crippen LogP contribution is -2.44. The van der Waals surface area contributed by atoms with E-state index < -0.39 is 17.4 Å². The van der Waals surface area contributed by atoms with E-state index in [0.29, 0.717) is 8.94 Å². The summed E-state index contributed by atoms with van der Waals surface area (Å²) in [7, 11) is 0. The van der Waals surface area contributed by atoms with Crippen molar-refractivity contribution in [1.29, 1.82) is 0 Å². The zero-order valence-electron chi connectivity index (χ0n) is 15.3. The molecule has 0 saturated heterocycles. The molecule has 1 heterocycles. The van der Waals surface area contributed by atoms with E-state index >= 15 is 0 Å². The van der Waals surface area contributed by atoms with Crippen LogP contribution >= 0.6 is 33.9 Å². The van der Waals surface area contributed by atoms with Crippen molar-refractivity contribution >= 4 is 50.1 Å². The van der Waals surface area contributed by atoms with E-state index in [1.54, 1.807) is 17.4 Å². The lowest BCUT2D eigenvalue weighted by atomic mass is 9.61. The van der Waals surface area contributed by atoms with Gasteiger partial charge < -0.3 is 4.74 Å². The molecule has 2 aromatic rings. The first-order valence-corrected chi connectivity index (χ1v) is 11.0. The number of ether oxygens (including phenoxy) is 1. The first kappa shape index (κ1) is 18.6. The molecule has 0 atom stereocenters. The van der Waals surface area contributed by atoms with Gasteiger partial charge in [0.1, 0.15) is 16.1 Å². The lowest BCUT2D eigenvalue weighted by Gasteiger charge is -2.50. The Kier molecular flexibility index (Phi) is 4.38. The summed E-state index contributed by atoms with van der Waals surface area (Å²) in [5, 5.41) is 1.05. The molecule has 3 nitrogen and oxygen atoms in total. The van der Waals surface area contributed by atoms with E-state index in [0.717, 1.165) is 29.0 Å². The second-order valence-electron chi connectivity index (χ2n) is 8.76. The van der Waals surface area contributed by atoms with Gasteiger partial charge in [-0.3, -0.25) is 0 Å². The van der Waals surface area contributed by atoms with Crippen LogP contribution < -0.4 is 0 Å². The third kappa shape index (κ3) is 3.28. The first-order chi connectivity index (χ1) is 12.1. The topological polar surface area (TPSA) is 39.2 Å². The fourth-order valence-electron chi connectivity index (χ4n) is 4.13. The van der Waals surface area contributed by atoms with Gasteiger partial charge in [-0.1, -0.05) is 22.6 Å². The summed E-state index contributed by atoms with van der Waals surface area (Å²) in [6, 6.07) is 2.99. The highest BCUT2D eigenvalue weighted by Gasteiger charge is 2.49. The fraction of sp³-hybridized carbons (Fsp3) is 0.600. The van der Waals surface area contributed by atoms with Crippen LogP contribution in [-0.4, -0.2) is 20.0 Å². The van der Waals surface area contributed by atoms with E-state index in [2.05, 4.69) is 22.6 Å². The Labute approximate surface area is 170 Å². The van der Waals surface area contributed by atoms with E-state index in [-0.39, 0.29) is 11.0 Å². The second-order valence-corrected chi connectivity index (χ2v) is 12.1. The highest BCUT2D eigenvalue weighted by atomic mass is 127. The number of nitrogens with zero attached hydrogens (tertiary/aromatic N) is 1. The second kappa shape index (κ2) is 6.12. The number of thiazole rings is 1. The van der Waals surface area contributed by atoms with Crippen molar-refractivity contribution in [2.75, 3.05) is 0 Å².